The van der Waals surface area contributed by atoms with Crippen LogP contribution in [0.5, 0.6) is 11.5 Å². The average molecular weight is 294 g/mol. The van der Waals surface area contributed by atoms with E-state index in [2.05, 4.69) is 17.6 Å². The predicted octanol–water partition coefficient (Wildman–Crippen LogP) is 1.56. The highest BCUT2D eigenvalue weighted by Crippen LogP contribution is 2.24. The van der Waals surface area contributed by atoms with E-state index in [4.69, 9.17) is 14.2 Å². The molecule has 0 saturated carbocycles. The van der Waals surface area contributed by atoms with Crippen LogP contribution in [0.1, 0.15) is 18.9 Å². The standard InChI is InChI=1S/C16H26N2O3/c1-12(8-14-11-21-7-6-17-14)18-10-13-4-5-15(19-2)9-16(13)20-3/h4-5,9,12,14,17-18H,6-8,10-11H2,1-3H3. The van der Waals surface area contributed by atoms with Crippen molar-refractivity contribution < 1.29 is 14.2 Å². The van der Waals surface area contributed by atoms with Gasteiger partial charge >= 0.3 is 0 Å². The van der Waals surface area contributed by atoms with Gasteiger partial charge < -0.3 is 24.8 Å². The minimum absolute atomic E-state index is 0.413. The summed E-state index contributed by atoms with van der Waals surface area (Å²) >= 11 is 0. The summed E-state index contributed by atoms with van der Waals surface area (Å²) < 4.78 is 16.1. The smallest absolute Gasteiger partial charge is 0.127 e. The van der Waals surface area contributed by atoms with Crippen molar-refractivity contribution in [2.24, 2.45) is 0 Å². The Morgan fingerprint density at radius 1 is 1.38 bits per heavy atom. The summed E-state index contributed by atoms with van der Waals surface area (Å²) in [6.45, 7) is 5.55. The van der Waals surface area contributed by atoms with E-state index in [1.165, 1.54) is 0 Å². The lowest BCUT2D eigenvalue weighted by Gasteiger charge is -2.27. The largest absolute Gasteiger partial charge is 0.497 e. The van der Waals surface area contributed by atoms with Crippen LogP contribution in [0.4, 0.5) is 0 Å². The van der Waals surface area contributed by atoms with Gasteiger partial charge in [0.1, 0.15) is 11.5 Å². The van der Waals surface area contributed by atoms with Crippen molar-refractivity contribution in [3.05, 3.63) is 23.8 Å². The van der Waals surface area contributed by atoms with Gasteiger partial charge in [-0.3, -0.25) is 0 Å². The number of hydrogen-bond donors (Lipinski definition) is 2. The summed E-state index contributed by atoms with van der Waals surface area (Å²) in [6, 6.07) is 6.77. The van der Waals surface area contributed by atoms with Crippen molar-refractivity contribution in [1.82, 2.24) is 10.6 Å². The molecule has 2 N–H and O–H groups in total. The van der Waals surface area contributed by atoms with Gasteiger partial charge in [0.15, 0.2) is 0 Å². The third-order valence-electron chi connectivity index (χ3n) is 3.77. The second kappa shape index (κ2) is 8.22. The van der Waals surface area contributed by atoms with Gasteiger partial charge in [-0.2, -0.15) is 0 Å². The topological polar surface area (TPSA) is 51.8 Å². The van der Waals surface area contributed by atoms with Crippen LogP contribution in [0.25, 0.3) is 0 Å². The lowest BCUT2D eigenvalue weighted by Crippen LogP contribution is -2.44. The van der Waals surface area contributed by atoms with E-state index in [0.29, 0.717) is 12.1 Å². The molecule has 5 nitrogen and oxygen atoms in total. The SMILES string of the molecule is COc1ccc(CNC(C)CC2COCCN2)c(OC)c1. The first-order valence-corrected chi connectivity index (χ1v) is 7.48. The molecule has 1 aliphatic rings. The molecule has 2 atom stereocenters. The molecule has 1 aromatic rings. The van der Waals surface area contributed by atoms with Gasteiger partial charge in [0.25, 0.3) is 0 Å². The molecule has 5 heteroatoms. The molecule has 1 saturated heterocycles. The Labute approximate surface area is 127 Å². The van der Waals surface area contributed by atoms with Gasteiger partial charge in [-0.25, -0.2) is 0 Å². The van der Waals surface area contributed by atoms with Gasteiger partial charge in [0.05, 0.1) is 27.4 Å². The van der Waals surface area contributed by atoms with Crippen LogP contribution in [-0.4, -0.2) is 46.1 Å². The zero-order chi connectivity index (χ0) is 15.1. The molecular formula is C16H26N2O3. The van der Waals surface area contributed by atoms with Gasteiger partial charge in [-0.05, 0) is 19.4 Å². The monoisotopic (exact) mass is 294 g/mol. The summed E-state index contributed by atoms with van der Waals surface area (Å²) in [5.41, 5.74) is 1.14. The zero-order valence-electron chi connectivity index (χ0n) is 13.1. The fourth-order valence-electron chi connectivity index (χ4n) is 2.56. The molecule has 2 unspecified atom stereocenters. The Kier molecular flexibility index (Phi) is 6.29. The molecule has 118 valence electrons. The molecule has 2 rings (SSSR count). The summed E-state index contributed by atoms with van der Waals surface area (Å²) in [4.78, 5) is 0. The van der Waals surface area contributed by atoms with E-state index in [1.807, 2.05) is 18.2 Å². The van der Waals surface area contributed by atoms with Crippen LogP contribution in [-0.2, 0) is 11.3 Å². The molecule has 0 spiro atoms. The molecule has 0 amide bonds. The van der Waals surface area contributed by atoms with Gasteiger partial charge in [-0.1, -0.05) is 6.07 Å². The fraction of sp³-hybridized carbons (Fsp3) is 0.625. The van der Waals surface area contributed by atoms with Crippen LogP contribution < -0.4 is 20.1 Å². The minimum Gasteiger partial charge on any atom is -0.497 e. The summed E-state index contributed by atoms with van der Waals surface area (Å²) in [6.07, 6.45) is 1.05. The Bertz CT molecular complexity index is 434. The first kappa shape index (κ1) is 16.1. The van der Waals surface area contributed by atoms with Crippen molar-refractivity contribution in [1.29, 1.82) is 0 Å². The number of methoxy groups -OCH3 is 2. The first-order chi connectivity index (χ1) is 10.2. The highest BCUT2D eigenvalue weighted by molar-refractivity contribution is 5.40. The fourth-order valence-corrected chi connectivity index (χ4v) is 2.56. The zero-order valence-corrected chi connectivity index (χ0v) is 13.1. The van der Waals surface area contributed by atoms with Crippen molar-refractivity contribution in [3.8, 4) is 11.5 Å². The Morgan fingerprint density at radius 3 is 2.90 bits per heavy atom. The van der Waals surface area contributed by atoms with Gasteiger partial charge in [0, 0.05) is 36.8 Å². The second-order valence-corrected chi connectivity index (χ2v) is 5.42. The molecule has 1 fully saturated rings. The Morgan fingerprint density at radius 2 is 2.24 bits per heavy atom. The number of benzene rings is 1. The lowest BCUT2D eigenvalue weighted by atomic mass is 10.1. The number of ether oxygens (including phenoxy) is 3. The second-order valence-electron chi connectivity index (χ2n) is 5.42. The first-order valence-electron chi connectivity index (χ1n) is 7.48. The highest BCUT2D eigenvalue weighted by Gasteiger charge is 2.16. The normalized spacial score (nSPS) is 20.0. The number of rotatable bonds is 7. The predicted molar refractivity (Wildman–Crippen MR) is 83.1 cm³/mol. The third kappa shape index (κ3) is 4.88. The maximum atomic E-state index is 5.48. The van der Waals surface area contributed by atoms with Gasteiger partial charge in [0.2, 0.25) is 0 Å². The average Bonchev–Trinajstić information content (AvgIpc) is 2.53. The maximum absolute atomic E-state index is 5.48. The molecule has 21 heavy (non-hydrogen) atoms. The molecule has 0 aliphatic carbocycles. The van der Waals surface area contributed by atoms with Crippen LogP contribution in [0.3, 0.4) is 0 Å². The Balaban J connectivity index is 1.83. The van der Waals surface area contributed by atoms with Crippen molar-refractivity contribution in [3.63, 3.8) is 0 Å². The van der Waals surface area contributed by atoms with E-state index >= 15 is 0 Å². The molecular weight excluding hydrogens is 268 g/mol. The molecule has 0 radical (unpaired) electrons. The Hall–Kier alpha value is -1.30. The van der Waals surface area contributed by atoms with Crippen molar-refractivity contribution >= 4 is 0 Å². The lowest BCUT2D eigenvalue weighted by molar-refractivity contribution is 0.0712. The summed E-state index contributed by atoms with van der Waals surface area (Å²) in [5.74, 6) is 1.67. The van der Waals surface area contributed by atoms with Crippen LogP contribution >= 0.6 is 0 Å². The van der Waals surface area contributed by atoms with E-state index in [9.17, 15) is 0 Å². The molecule has 0 aromatic heterocycles. The highest BCUT2D eigenvalue weighted by atomic mass is 16.5. The number of morpholine rings is 1. The van der Waals surface area contributed by atoms with E-state index in [0.717, 1.165) is 49.8 Å². The van der Waals surface area contributed by atoms with Crippen LogP contribution in [0.15, 0.2) is 18.2 Å². The number of nitrogens with one attached hydrogen (secondary N) is 2. The molecule has 1 aromatic carbocycles. The van der Waals surface area contributed by atoms with Crippen LogP contribution in [0, 0.1) is 0 Å². The van der Waals surface area contributed by atoms with E-state index in [-0.39, 0.29) is 0 Å². The molecule has 1 heterocycles. The summed E-state index contributed by atoms with van der Waals surface area (Å²) in [5, 5.41) is 7.02. The van der Waals surface area contributed by atoms with Crippen LogP contribution in [0.2, 0.25) is 0 Å². The molecule has 1 aliphatic heterocycles. The maximum Gasteiger partial charge on any atom is 0.127 e. The molecule has 0 bridgehead atoms. The number of hydrogen-bond acceptors (Lipinski definition) is 5. The van der Waals surface area contributed by atoms with E-state index < -0.39 is 0 Å². The van der Waals surface area contributed by atoms with Gasteiger partial charge in [-0.15, -0.1) is 0 Å². The van der Waals surface area contributed by atoms with Crippen molar-refractivity contribution in [2.45, 2.75) is 32.0 Å². The van der Waals surface area contributed by atoms with E-state index in [1.54, 1.807) is 14.2 Å². The third-order valence-corrected chi connectivity index (χ3v) is 3.77. The summed E-state index contributed by atoms with van der Waals surface area (Å²) in [7, 11) is 3.35. The quantitative estimate of drug-likeness (QED) is 0.799. The van der Waals surface area contributed by atoms with Crippen molar-refractivity contribution in [2.75, 3.05) is 34.0 Å². The minimum atomic E-state index is 0.413.